The Morgan fingerprint density at radius 3 is 2.50 bits per heavy atom. The quantitative estimate of drug-likeness (QED) is 0.421. The fourth-order valence-corrected chi connectivity index (χ4v) is 6.18. The van der Waals surface area contributed by atoms with Gasteiger partial charge in [0.2, 0.25) is 11.0 Å². The number of thiazole rings is 1. The van der Waals surface area contributed by atoms with Crippen molar-refractivity contribution < 1.29 is 13.2 Å². The molecule has 0 aliphatic heterocycles. The highest BCUT2D eigenvalue weighted by molar-refractivity contribution is 7.91. The smallest absolute Gasteiger partial charge is 0.229 e. The van der Waals surface area contributed by atoms with Gasteiger partial charge in [-0.05, 0) is 73.6 Å². The van der Waals surface area contributed by atoms with E-state index in [1.54, 1.807) is 47.2 Å². The number of nitrogens with one attached hydrogen (secondary N) is 1. The standard InChI is InChI=1S/C25H26N4O3S2/c1-3-34(31,32)20-10-8-17(9-11-20)13-24(30)27-23-12-16(2)28-29(23)25-26-21-14-18-6-4-5-7-19(18)15-22(21)33-25/h8-12,14-15H,3-7,13H2,1-2H3,(H,27,30). The lowest BCUT2D eigenvalue weighted by Gasteiger charge is -2.14. The Balaban J connectivity index is 1.36. The Morgan fingerprint density at radius 1 is 1.09 bits per heavy atom. The third-order valence-electron chi connectivity index (χ3n) is 6.15. The van der Waals surface area contributed by atoms with E-state index >= 15 is 0 Å². The molecule has 0 saturated carbocycles. The summed E-state index contributed by atoms with van der Waals surface area (Å²) in [5.41, 5.74) is 5.28. The summed E-state index contributed by atoms with van der Waals surface area (Å²) < 4.78 is 26.8. The zero-order chi connectivity index (χ0) is 23.9. The maximum atomic E-state index is 12.8. The number of sulfone groups is 1. The van der Waals surface area contributed by atoms with Gasteiger partial charge in [0.05, 0.1) is 33.0 Å². The molecule has 1 aliphatic carbocycles. The van der Waals surface area contributed by atoms with Crippen molar-refractivity contribution in [3.8, 4) is 5.13 Å². The van der Waals surface area contributed by atoms with Gasteiger partial charge in [0, 0.05) is 6.07 Å². The molecule has 0 saturated heterocycles. The average molecular weight is 495 g/mol. The van der Waals surface area contributed by atoms with Crippen LogP contribution in [-0.2, 0) is 33.9 Å². The Hall–Kier alpha value is -3.04. The number of aromatic nitrogens is 3. The van der Waals surface area contributed by atoms with Gasteiger partial charge in [-0.15, -0.1) is 0 Å². The largest absolute Gasteiger partial charge is 0.310 e. The number of nitrogens with zero attached hydrogens (tertiary/aromatic N) is 3. The van der Waals surface area contributed by atoms with Crippen LogP contribution in [0.1, 0.15) is 42.1 Å². The number of anilines is 1. The highest BCUT2D eigenvalue weighted by Crippen LogP contribution is 2.32. The predicted octanol–water partition coefficient (Wildman–Crippen LogP) is 4.64. The van der Waals surface area contributed by atoms with E-state index < -0.39 is 9.84 Å². The molecule has 0 radical (unpaired) electrons. The number of hydrogen-bond donors (Lipinski definition) is 1. The summed E-state index contributed by atoms with van der Waals surface area (Å²) in [6, 6.07) is 12.7. The topological polar surface area (TPSA) is 94.0 Å². The van der Waals surface area contributed by atoms with E-state index in [-0.39, 0.29) is 23.0 Å². The SMILES string of the molecule is CCS(=O)(=O)c1ccc(CC(=O)Nc2cc(C)nn2-c2nc3cc4c(cc3s2)CCCC4)cc1. The second-order valence-electron chi connectivity index (χ2n) is 8.65. The van der Waals surface area contributed by atoms with Crippen molar-refractivity contribution in [3.63, 3.8) is 0 Å². The monoisotopic (exact) mass is 494 g/mol. The zero-order valence-electron chi connectivity index (χ0n) is 19.2. The van der Waals surface area contributed by atoms with Crippen molar-refractivity contribution in [2.45, 2.75) is 50.8 Å². The fraction of sp³-hybridized carbons (Fsp3) is 0.320. The van der Waals surface area contributed by atoms with E-state index in [0.29, 0.717) is 5.82 Å². The minimum Gasteiger partial charge on any atom is -0.310 e. The van der Waals surface area contributed by atoms with Crippen LogP contribution >= 0.6 is 11.3 Å². The molecule has 0 bridgehead atoms. The van der Waals surface area contributed by atoms with E-state index in [4.69, 9.17) is 4.98 Å². The molecule has 0 spiro atoms. The fourth-order valence-electron chi connectivity index (χ4n) is 4.32. The average Bonchev–Trinajstić information content (AvgIpc) is 3.39. The van der Waals surface area contributed by atoms with Crippen LogP contribution in [0.2, 0.25) is 0 Å². The molecule has 176 valence electrons. The summed E-state index contributed by atoms with van der Waals surface area (Å²) in [6.45, 7) is 3.49. The van der Waals surface area contributed by atoms with E-state index in [1.807, 2.05) is 13.0 Å². The van der Waals surface area contributed by atoms with Crippen molar-refractivity contribution in [1.29, 1.82) is 0 Å². The molecule has 2 heterocycles. The van der Waals surface area contributed by atoms with Crippen molar-refractivity contribution >= 4 is 43.1 Å². The van der Waals surface area contributed by atoms with Gasteiger partial charge in [-0.25, -0.2) is 13.4 Å². The van der Waals surface area contributed by atoms with Gasteiger partial charge in [-0.3, -0.25) is 4.79 Å². The van der Waals surface area contributed by atoms with Gasteiger partial charge in [0.25, 0.3) is 0 Å². The number of benzene rings is 2. The molecule has 7 nitrogen and oxygen atoms in total. The first-order chi connectivity index (χ1) is 16.3. The van der Waals surface area contributed by atoms with E-state index in [9.17, 15) is 13.2 Å². The molecular weight excluding hydrogens is 468 g/mol. The second-order valence-corrected chi connectivity index (χ2v) is 11.9. The predicted molar refractivity (Wildman–Crippen MR) is 135 cm³/mol. The summed E-state index contributed by atoms with van der Waals surface area (Å²) in [5.74, 6) is 0.408. The van der Waals surface area contributed by atoms with Crippen LogP contribution in [0.5, 0.6) is 0 Å². The highest BCUT2D eigenvalue weighted by atomic mass is 32.2. The van der Waals surface area contributed by atoms with Gasteiger partial charge >= 0.3 is 0 Å². The Morgan fingerprint density at radius 2 is 1.79 bits per heavy atom. The van der Waals surface area contributed by atoms with Crippen LogP contribution in [0.4, 0.5) is 5.82 Å². The molecular formula is C25H26N4O3S2. The van der Waals surface area contributed by atoms with Crippen LogP contribution in [0.15, 0.2) is 47.4 Å². The minimum atomic E-state index is -3.26. The molecule has 2 aromatic heterocycles. The molecule has 1 amide bonds. The lowest BCUT2D eigenvalue weighted by molar-refractivity contribution is -0.115. The number of carbonyl (C=O) groups excluding carboxylic acids is 1. The number of fused-ring (bicyclic) bond motifs is 2. The maximum Gasteiger partial charge on any atom is 0.229 e. The summed E-state index contributed by atoms with van der Waals surface area (Å²) >= 11 is 1.57. The van der Waals surface area contributed by atoms with Crippen LogP contribution < -0.4 is 5.32 Å². The summed E-state index contributed by atoms with van der Waals surface area (Å²) in [5, 5.41) is 8.23. The third kappa shape index (κ3) is 4.50. The molecule has 0 unspecified atom stereocenters. The van der Waals surface area contributed by atoms with E-state index in [1.165, 1.54) is 24.0 Å². The summed E-state index contributed by atoms with van der Waals surface area (Å²) in [7, 11) is -3.26. The van der Waals surface area contributed by atoms with Crippen LogP contribution in [0.25, 0.3) is 15.3 Å². The van der Waals surface area contributed by atoms with Gasteiger partial charge in [-0.1, -0.05) is 30.4 Å². The van der Waals surface area contributed by atoms with Crippen molar-refractivity contribution in [3.05, 3.63) is 64.8 Å². The first-order valence-corrected chi connectivity index (χ1v) is 13.9. The number of carbonyl (C=O) groups is 1. The summed E-state index contributed by atoms with van der Waals surface area (Å²) in [6.07, 6.45) is 4.80. The molecule has 1 N–H and O–H groups in total. The zero-order valence-corrected chi connectivity index (χ0v) is 20.8. The number of amides is 1. The first kappa shape index (κ1) is 22.7. The Kier molecular flexibility index (Phi) is 5.99. The Bertz CT molecular complexity index is 1440. The van der Waals surface area contributed by atoms with Gasteiger partial charge in [-0.2, -0.15) is 9.78 Å². The number of hydrogen-bond acceptors (Lipinski definition) is 6. The third-order valence-corrected chi connectivity index (χ3v) is 8.89. The van der Waals surface area contributed by atoms with Gasteiger partial charge in [0.1, 0.15) is 5.82 Å². The van der Waals surface area contributed by atoms with E-state index in [2.05, 4.69) is 22.5 Å². The minimum absolute atomic E-state index is 0.0462. The molecule has 0 fully saturated rings. The normalized spacial score (nSPS) is 13.7. The lowest BCUT2D eigenvalue weighted by Crippen LogP contribution is -2.17. The molecule has 5 rings (SSSR count). The van der Waals surface area contributed by atoms with Crippen LogP contribution in [-0.4, -0.2) is 34.8 Å². The molecule has 9 heteroatoms. The highest BCUT2D eigenvalue weighted by Gasteiger charge is 2.18. The van der Waals surface area contributed by atoms with Crippen LogP contribution in [0, 0.1) is 6.92 Å². The number of rotatable bonds is 6. The molecule has 34 heavy (non-hydrogen) atoms. The number of aryl methyl sites for hydroxylation is 3. The Labute approximate surface area is 202 Å². The molecule has 0 atom stereocenters. The first-order valence-electron chi connectivity index (χ1n) is 11.4. The van der Waals surface area contributed by atoms with Crippen molar-refractivity contribution in [2.75, 3.05) is 11.1 Å². The molecule has 1 aliphatic rings. The van der Waals surface area contributed by atoms with E-state index in [0.717, 1.165) is 39.4 Å². The van der Waals surface area contributed by atoms with Crippen molar-refractivity contribution in [1.82, 2.24) is 14.8 Å². The second kappa shape index (κ2) is 8.96. The van der Waals surface area contributed by atoms with Crippen LogP contribution in [0.3, 0.4) is 0 Å². The maximum absolute atomic E-state index is 12.8. The van der Waals surface area contributed by atoms with Gasteiger partial charge in [0.15, 0.2) is 9.84 Å². The van der Waals surface area contributed by atoms with Crippen molar-refractivity contribution in [2.24, 2.45) is 0 Å². The lowest BCUT2D eigenvalue weighted by atomic mass is 9.92. The van der Waals surface area contributed by atoms with Gasteiger partial charge < -0.3 is 5.32 Å². The molecule has 2 aromatic carbocycles. The molecule has 4 aromatic rings. The summed E-state index contributed by atoms with van der Waals surface area (Å²) in [4.78, 5) is 17.8.